The van der Waals surface area contributed by atoms with Crippen LogP contribution in [-0.4, -0.2) is 30.3 Å². The van der Waals surface area contributed by atoms with Crippen LogP contribution in [0.25, 0.3) is 21.5 Å². The number of carbonyl (C=O) groups is 1. The number of halogens is 2. The lowest BCUT2D eigenvalue weighted by molar-refractivity contribution is 0.0928. The van der Waals surface area contributed by atoms with Crippen LogP contribution in [0.4, 0.5) is 0 Å². The van der Waals surface area contributed by atoms with Gasteiger partial charge in [-0.2, -0.15) is 0 Å². The number of Topliss-reactive ketones (excluding diaryl/α,β-unsaturated/α-hetero) is 1. The molecule has 0 N–H and O–H groups in total. The first-order valence-electron chi connectivity index (χ1n) is 11.0. The number of hydrogen-bond acceptors (Lipinski definition) is 2. The van der Waals surface area contributed by atoms with E-state index >= 15 is 0 Å². The van der Waals surface area contributed by atoms with E-state index in [-0.39, 0.29) is 18.2 Å². The van der Waals surface area contributed by atoms with Crippen LogP contribution in [0.2, 0.25) is 0 Å². The number of hydrogen-bond donors (Lipinski definition) is 0. The third-order valence-electron chi connectivity index (χ3n) is 5.66. The monoisotopic (exact) mass is 489 g/mol. The van der Waals surface area contributed by atoms with Crippen molar-refractivity contribution in [2.75, 3.05) is 19.6 Å². The Morgan fingerprint density at radius 3 is 2.10 bits per heavy atom. The fourth-order valence-electron chi connectivity index (χ4n) is 3.96. The first kappa shape index (κ1) is 24.8. The van der Waals surface area contributed by atoms with Crippen molar-refractivity contribution in [3.05, 3.63) is 58.6 Å². The summed E-state index contributed by atoms with van der Waals surface area (Å²) in [5.41, 5.74) is 0.820. The van der Waals surface area contributed by atoms with Crippen LogP contribution in [0.5, 0.6) is 0 Å². The number of ketones is 1. The third kappa shape index (κ3) is 6.29. The molecule has 0 bridgehead atoms. The highest BCUT2D eigenvalue weighted by Gasteiger charge is 2.14. The van der Waals surface area contributed by atoms with Crippen molar-refractivity contribution in [2.45, 2.75) is 52.4 Å². The maximum atomic E-state index is 13.1. The fraction of sp³-hybridized carbons (Fsp3) is 0.423. The molecule has 0 radical (unpaired) electrons. The molecule has 0 unspecified atom stereocenters. The molecule has 0 aliphatic heterocycles. The third-order valence-corrected chi connectivity index (χ3v) is 6.31. The zero-order valence-corrected chi connectivity index (χ0v) is 20.5. The van der Waals surface area contributed by atoms with Crippen LogP contribution < -0.4 is 0 Å². The first-order valence-corrected chi connectivity index (χ1v) is 11.8. The summed E-state index contributed by atoms with van der Waals surface area (Å²) in [6.07, 6.45) is 7.23. The highest BCUT2D eigenvalue weighted by molar-refractivity contribution is 9.10. The van der Waals surface area contributed by atoms with Gasteiger partial charge < -0.3 is 0 Å². The summed E-state index contributed by atoms with van der Waals surface area (Å²) in [5.74, 6) is 0.229. The Bertz CT molecular complexity index is 962. The van der Waals surface area contributed by atoms with E-state index in [1.165, 1.54) is 49.3 Å². The fourth-order valence-corrected chi connectivity index (χ4v) is 4.56. The van der Waals surface area contributed by atoms with E-state index in [2.05, 4.69) is 77.1 Å². The molecule has 0 saturated carbocycles. The van der Waals surface area contributed by atoms with E-state index in [4.69, 9.17) is 0 Å². The van der Waals surface area contributed by atoms with Crippen molar-refractivity contribution in [1.82, 2.24) is 4.90 Å². The Kier molecular flexibility index (Phi) is 10.3. The molecule has 3 aromatic carbocycles. The molecule has 30 heavy (non-hydrogen) atoms. The minimum absolute atomic E-state index is 0. The molecule has 162 valence electrons. The summed E-state index contributed by atoms with van der Waals surface area (Å²) in [4.78, 5) is 15.5. The van der Waals surface area contributed by atoms with E-state index in [1.807, 2.05) is 6.07 Å². The number of unbranched alkanes of at least 4 members (excludes halogenated alkanes) is 4. The zero-order chi connectivity index (χ0) is 20.6. The SMILES string of the molecule is CCCCCN(CCCCC)CC(=O)c1ccc2cc(Br)c3ccccc3c2c1.Cl. The van der Waals surface area contributed by atoms with Gasteiger partial charge in [0.2, 0.25) is 0 Å². The first-order chi connectivity index (χ1) is 14.1. The molecular weight excluding hydrogens is 458 g/mol. The maximum Gasteiger partial charge on any atom is 0.176 e. The number of fused-ring (bicyclic) bond motifs is 3. The summed E-state index contributed by atoms with van der Waals surface area (Å²) in [7, 11) is 0. The van der Waals surface area contributed by atoms with Crippen LogP contribution in [0.1, 0.15) is 62.7 Å². The van der Waals surface area contributed by atoms with Crippen LogP contribution in [0.15, 0.2) is 53.0 Å². The van der Waals surface area contributed by atoms with Crippen molar-refractivity contribution in [2.24, 2.45) is 0 Å². The second kappa shape index (κ2) is 12.4. The highest BCUT2D eigenvalue weighted by Crippen LogP contribution is 2.32. The summed E-state index contributed by atoms with van der Waals surface area (Å²) < 4.78 is 1.10. The lowest BCUT2D eigenvalue weighted by Gasteiger charge is -2.21. The van der Waals surface area contributed by atoms with Gasteiger partial charge in [0.05, 0.1) is 6.54 Å². The second-order valence-corrected chi connectivity index (χ2v) is 8.81. The minimum Gasteiger partial charge on any atom is -0.296 e. The Hall–Kier alpha value is -1.42. The molecule has 0 fully saturated rings. The molecule has 0 amide bonds. The van der Waals surface area contributed by atoms with Gasteiger partial charge in [-0.3, -0.25) is 9.69 Å². The van der Waals surface area contributed by atoms with Gasteiger partial charge >= 0.3 is 0 Å². The largest absolute Gasteiger partial charge is 0.296 e. The van der Waals surface area contributed by atoms with Gasteiger partial charge in [0.15, 0.2) is 5.78 Å². The Balaban J connectivity index is 0.00000320. The molecule has 3 rings (SSSR count). The van der Waals surface area contributed by atoms with E-state index in [0.717, 1.165) is 33.9 Å². The van der Waals surface area contributed by atoms with Crippen molar-refractivity contribution in [1.29, 1.82) is 0 Å². The molecule has 0 spiro atoms. The molecule has 3 aromatic rings. The highest BCUT2D eigenvalue weighted by atomic mass is 79.9. The number of nitrogens with zero attached hydrogens (tertiary/aromatic N) is 1. The molecule has 4 heteroatoms. The van der Waals surface area contributed by atoms with Crippen molar-refractivity contribution in [3.63, 3.8) is 0 Å². The molecule has 0 saturated heterocycles. The predicted molar refractivity (Wildman–Crippen MR) is 136 cm³/mol. The van der Waals surface area contributed by atoms with Crippen LogP contribution in [0.3, 0.4) is 0 Å². The van der Waals surface area contributed by atoms with Gasteiger partial charge in [-0.25, -0.2) is 0 Å². The van der Waals surface area contributed by atoms with E-state index in [1.54, 1.807) is 0 Å². The summed E-state index contributed by atoms with van der Waals surface area (Å²) in [5, 5.41) is 4.69. The van der Waals surface area contributed by atoms with Crippen LogP contribution in [0, 0.1) is 0 Å². The second-order valence-electron chi connectivity index (χ2n) is 7.95. The normalized spacial score (nSPS) is 11.2. The maximum absolute atomic E-state index is 13.1. The van der Waals surface area contributed by atoms with E-state index in [9.17, 15) is 4.79 Å². The van der Waals surface area contributed by atoms with Gasteiger partial charge in [-0.15, -0.1) is 12.4 Å². The Morgan fingerprint density at radius 1 is 0.833 bits per heavy atom. The van der Waals surface area contributed by atoms with Crippen molar-refractivity contribution >= 4 is 55.7 Å². The minimum atomic E-state index is 0. The van der Waals surface area contributed by atoms with Crippen molar-refractivity contribution < 1.29 is 4.79 Å². The van der Waals surface area contributed by atoms with E-state index < -0.39 is 0 Å². The van der Waals surface area contributed by atoms with Gasteiger partial charge in [0.25, 0.3) is 0 Å². The molecule has 0 atom stereocenters. The lowest BCUT2D eigenvalue weighted by Crippen LogP contribution is -2.32. The van der Waals surface area contributed by atoms with Gasteiger partial charge in [-0.1, -0.05) is 91.9 Å². The quantitative estimate of drug-likeness (QED) is 0.154. The summed E-state index contributed by atoms with van der Waals surface area (Å²) >= 11 is 3.68. The average molecular weight is 491 g/mol. The Morgan fingerprint density at radius 2 is 1.47 bits per heavy atom. The molecular formula is C26H33BrClNO. The average Bonchev–Trinajstić information content (AvgIpc) is 2.74. The molecule has 0 aliphatic rings. The van der Waals surface area contributed by atoms with E-state index in [0.29, 0.717) is 6.54 Å². The van der Waals surface area contributed by atoms with Gasteiger partial charge in [0.1, 0.15) is 0 Å². The van der Waals surface area contributed by atoms with Crippen molar-refractivity contribution in [3.8, 4) is 0 Å². The number of benzene rings is 3. The Labute approximate surface area is 195 Å². The molecule has 0 aliphatic carbocycles. The standard InChI is InChI=1S/C26H32BrNO.ClH/c1-3-5-9-15-28(16-10-6-4-2)19-26(29)21-14-13-20-18-25(27)23-12-8-7-11-22(23)24(20)17-21;/h7-8,11-14,17-18H,3-6,9-10,15-16,19H2,1-2H3;1H. The summed E-state index contributed by atoms with van der Waals surface area (Å²) in [6, 6.07) is 16.7. The smallest absolute Gasteiger partial charge is 0.176 e. The van der Waals surface area contributed by atoms with Crippen LogP contribution >= 0.6 is 28.3 Å². The molecule has 0 aromatic heterocycles. The zero-order valence-electron chi connectivity index (χ0n) is 18.1. The number of carbonyl (C=O) groups excluding carboxylic acids is 1. The lowest BCUT2D eigenvalue weighted by atomic mass is 9.98. The molecule has 2 nitrogen and oxygen atoms in total. The summed E-state index contributed by atoms with van der Waals surface area (Å²) in [6.45, 7) is 7.02. The topological polar surface area (TPSA) is 20.3 Å². The van der Waals surface area contributed by atoms with Gasteiger partial charge in [0, 0.05) is 10.0 Å². The number of rotatable bonds is 11. The molecule has 0 heterocycles. The van der Waals surface area contributed by atoms with Gasteiger partial charge in [-0.05, 0) is 59.6 Å². The predicted octanol–water partition coefficient (Wildman–Crippen LogP) is 8.04. The van der Waals surface area contributed by atoms with Crippen LogP contribution in [-0.2, 0) is 0 Å².